The zero-order valence-corrected chi connectivity index (χ0v) is 17.0. The SMILES string of the molecule is Cn1c(SCCO)nnc1[C@H]1CCCN1Cc1ccnc(N2CCOCC2)n1. The molecule has 4 heterocycles. The molecule has 0 radical (unpaired) electrons. The molecule has 1 N–H and O–H groups in total. The van der Waals surface area contributed by atoms with Crippen LogP contribution in [0.15, 0.2) is 17.4 Å². The molecule has 2 fully saturated rings. The maximum Gasteiger partial charge on any atom is 0.225 e. The van der Waals surface area contributed by atoms with E-state index in [2.05, 4.69) is 29.5 Å². The Morgan fingerprint density at radius 2 is 2.11 bits per heavy atom. The van der Waals surface area contributed by atoms with Gasteiger partial charge in [-0.3, -0.25) is 4.90 Å². The zero-order valence-electron chi connectivity index (χ0n) is 16.2. The van der Waals surface area contributed by atoms with E-state index in [0.717, 1.165) is 74.9 Å². The lowest BCUT2D eigenvalue weighted by molar-refractivity contribution is 0.122. The van der Waals surface area contributed by atoms with E-state index in [1.54, 1.807) is 0 Å². The molecule has 2 aromatic rings. The van der Waals surface area contributed by atoms with Crippen LogP contribution in [0, 0.1) is 0 Å². The summed E-state index contributed by atoms with van der Waals surface area (Å²) in [5, 5.41) is 18.7. The molecule has 0 spiro atoms. The molecule has 2 aliphatic heterocycles. The van der Waals surface area contributed by atoms with Crippen molar-refractivity contribution >= 4 is 17.7 Å². The third kappa shape index (κ3) is 4.29. The van der Waals surface area contributed by atoms with Crippen molar-refractivity contribution in [2.45, 2.75) is 30.6 Å². The maximum absolute atomic E-state index is 9.05. The lowest BCUT2D eigenvalue weighted by Crippen LogP contribution is -2.37. The Kier molecular flexibility index (Phi) is 6.40. The van der Waals surface area contributed by atoms with Crippen LogP contribution in [0.3, 0.4) is 0 Å². The maximum atomic E-state index is 9.05. The molecule has 10 heteroatoms. The fraction of sp³-hybridized carbons (Fsp3) is 0.667. The molecule has 1 atom stereocenters. The Morgan fingerprint density at radius 3 is 2.93 bits per heavy atom. The molecule has 2 saturated heterocycles. The summed E-state index contributed by atoms with van der Waals surface area (Å²) in [6.07, 6.45) is 4.06. The summed E-state index contributed by atoms with van der Waals surface area (Å²) in [5.41, 5.74) is 1.03. The van der Waals surface area contributed by atoms with Gasteiger partial charge in [0, 0.05) is 38.6 Å². The molecular weight excluding hydrogens is 378 g/mol. The smallest absolute Gasteiger partial charge is 0.225 e. The van der Waals surface area contributed by atoms with E-state index in [1.807, 2.05) is 19.3 Å². The number of thioether (sulfide) groups is 1. The first-order valence-electron chi connectivity index (χ1n) is 9.78. The topological polar surface area (TPSA) is 92.4 Å². The van der Waals surface area contributed by atoms with Gasteiger partial charge in [0.1, 0.15) is 0 Å². The average Bonchev–Trinajstić information content (AvgIpc) is 3.33. The largest absolute Gasteiger partial charge is 0.396 e. The summed E-state index contributed by atoms with van der Waals surface area (Å²) in [5.74, 6) is 2.41. The third-order valence-corrected chi connectivity index (χ3v) is 6.21. The summed E-state index contributed by atoms with van der Waals surface area (Å²) >= 11 is 1.53. The number of likely N-dealkylation sites (tertiary alicyclic amines) is 1. The summed E-state index contributed by atoms with van der Waals surface area (Å²) in [6, 6.07) is 2.24. The van der Waals surface area contributed by atoms with Gasteiger partial charge in [-0.1, -0.05) is 11.8 Å². The van der Waals surface area contributed by atoms with Crippen LogP contribution in [0.1, 0.15) is 30.4 Å². The molecule has 2 aromatic heterocycles. The minimum Gasteiger partial charge on any atom is -0.396 e. The first kappa shape index (κ1) is 19.6. The molecule has 2 aliphatic rings. The molecule has 28 heavy (non-hydrogen) atoms. The Bertz CT molecular complexity index is 781. The van der Waals surface area contributed by atoms with E-state index in [0.29, 0.717) is 5.75 Å². The number of aliphatic hydroxyl groups excluding tert-OH is 1. The molecule has 0 saturated carbocycles. The van der Waals surface area contributed by atoms with Crippen molar-refractivity contribution in [3.63, 3.8) is 0 Å². The fourth-order valence-corrected chi connectivity index (χ4v) is 4.44. The van der Waals surface area contributed by atoms with Gasteiger partial charge in [-0.25, -0.2) is 9.97 Å². The number of aromatic nitrogens is 5. The van der Waals surface area contributed by atoms with Crippen LogP contribution in [0.2, 0.25) is 0 Å². The number of morpholine rings is 1. The molecule has 4 rings (SSSR count). The lowest BCUT2D eigenvalue weighted by Gasteiger charge is -2.27. The summed E-state index contributed by atoms with van der Waals surface area (Å²) in [6.45, 7) is 5.06. The molecule has 9 nitrogen and oxygen atoms in total. The second-order valence-corrected chi connectivity index (χ2v) is 8.11. The first-order valence-corrected chi connectivity index (χ1v) is 10.8. The van der Waals surface area contributed by atoms with Gasteiger partial charge in [0.15, 0.2) is 11.0 Å². The minimum absolute atomic E-state index is 0.140. The first-order chi connectivity index (χ1) is 13.8. The van der Waals surface area contributed by atoms with E-state index < -0.39 is 0 Å². The Labute approximate surface area is 169 Å². The predicted octanol–water partition coefficient (Wildman–Crippen LogP) is 0.863. The highest BCUT2D eigenvalue weighted by Crippen LogP contribution is 2.33. The fourth-order valence-electron chi connectivity index (χ4n) is 3.78. The van der Waals surface area contributed by atoms with Crippen LogP contribution < -0.4 is 4.90 Å². The van der Waals surface area contributed by atoms with E-state index in [-0.39, 0.29) is 12.6 Å². The Morgan fingerprint density at radius 1 is 1.25 bits per heavy atom. The number of rotatable bonds is 7. The van der Waals surface area contributed by atoms with Crippen molar-refractivity contribution in [3.8, 4) is 0 Å². The molecular formula is C18H27N7O2S. The van der Waals surface area contributed by atoms with Gasteiger partial charge in [0.05, 0.1) is 31.6 Å². The molecule has 0 amide bonds. The standard InChI is InChI=1S/C18H27N7O2S/c1-23-16(21-22-18(23)28-12-9-26)15-3-2-6-25(15)13-14-4-5-19-17(20-14)24-7-10-27-11-8-24/h4-5,15,26H,2-3,6-13H2,1H3/t15-/m1/s1. The quantitative estimate of drug-likeness (QED) is 0.673. The van der Waals surface area contributed by atoms with Crippen molar-refractivity contribution in [2.75, 3.05) is 50.1 Å². The molecule has 0 aromatic carbocycles. The number of nitrogens with zero attached hydrogens (tertiary/aromatic N) is 7. The Hall–Kier alpha value is -1.75. The van der Waals surface area contributed by atoms with Crippen LogP contribution in [-0.2, 0) is 18.3 Å². The summed E-state index contributed by atoms with van der Waals surface area (Å²) in [4.78, 5) is 13.9. The monoisotopic (exact) mass is 405 g/mol. The van der Waals surface area contributed by atoms with E-state index in [9.17, 15) is 0 Å². The van der Waals surface area contributed by atoms with E-state index in [4.69, 9.17) is 14.8 Å². The van der Waals surface area contributed by atoms with E-state index in [1.165, 1.54) is 11.8 Å². The number of hydrogen-bond acceptors (Lipinski definition) is 9. The minimum atomic E-state index is 0.140. The van der Waals surface area contributed by atoms with Gasteiger partial charge in [-0.2, -0.15) is 0 Å². The Balaban J connectivity index is 1.46. The number of anilines is 1. The summed E-state index contributed by atoms with van der Waals surface area (Å²) < 4.78 is 7.48. The van der Waals surface area contributed by atoms with E-state index >= 15 is 0 Å². The van der Waals surface area contributed by atoms with Gasteiger partial charge in [-0.15, -0.1) is 10.2 Å². The number of aliphatic hydroxyl groups is 1. The third-order valence-electron chi connectivity index (χ3n) is 5.21. The highest BCUT2D eigenvalue weighted by molar-refractivity contribution is 7.99. The van der Waals surface area contributed by atoms with Crippen LogP contribution in [0.25, 0.3) is 0 Å². The predicted molar refractivity (Wildman–Crippen MR) is 106 cm³/mol. The second-order valence-electron chi connectivity index (χ2n) is 7.05. The molecule has 152 valence electrons. The lowest BCUT2D eigenvalue weighted by atomic mass is 10.2. The van der Waals surface area contributed by atoms with Crippen molar-refractivity contribution in [2.24, 2.45) is 7.05 Å². The molecule has 0 aliphatic carbocycles. The van der Waals surface area contributed by atoms with Gasteiger partial charge < -0.3 is 19.3 Å². The van der Waals surface area contributed by atoms with Crippen LogP contribution in [-0.4, -0.2) is 79.9 Å². The molecule has 0 unspecified atom stereocenters. The van der Waals surface area contributed by atoms with Crippen molar-refractivity contribution < 1.29 is 9.84 Å². The van der Waals surface area contributed by atoms with Crippen LogP contribution in [0.5, 0.6) is 0 Å². The highest BCUT2D eigenvalue weighted by atomic mass is 32.2. The van der Waals surface area contributed by atoms with Gasteiger partial charge >= 0.3 is 0 Å². The average molecular weight is 406 g/mol. The van der Waals surface area contributed by atoms with Gasteiger partial charge in [-0.05, 0) is 25.5 Å². The second kappa shape index (κ2) is 9.17. The van der Waals surface area contributed by atoms with Crippen LogP contribution >= 0.6 is 11.8 Å². The zero-order chi connectivity index (χ0) is 19.3. The van der Waals surface area contributed by atoms with Crippen LogP contribution in [0.4, 0.5) is 5.95 Å². The van der Waals surface area contributed by atoms with Crippen molar-refractivity contribution in [3.05, 3.63) is 23.8 Å². The van der Waals surface area contributed by atoms with Gasteiger partial charge in [0.2, 0.25) is 5.95 Å². The number of hydrogen-bond donors (Lipinski definition) is 1. The van der Waals surface area contributed by atoms with Gasteiger partial charge in [0.25, 0.3) is 0 Å². The normalized spacial score (nSPS) is 20.8. The highest BCUT2D eigenvalue weighted by Gasteiger charge is 2.31. The summed E-state index contributed by atoms with van der Waals surface area (Å²) in [7, 11) is 2.01. The number of ether oxygens (including phenoxy) is 1. The van der Waals surface area contributed by atoms with Crippen molar-refractivity contribution in [1.82, 2.24) is 29.6 Å². The van der Waals surface area contributed by atoms with Crippen molar-refractivity contribution in [1.29, 1.82) is 0 Å². The molecule has 0 bridgehead atoms.